The van der Waals surface area contributed by atoms with Gasteiger partial charge in [0.15, 0.2) is 0 Å². The summed E-state index contributed by atoms with van der Waals surface area (Å²) in [6.45, 7) is 5.70. The molecule has 1 unspecified atom stereocenters. The fraction of sp³-hybridized carbons (Fsp3) is 0.909. The second-order valence-corrected chi connectivity index (χ2v) is 5.01. The van der Waals surface area contributed by atoms with E-state index in [0.717, 1.165) is 11.0 Å². The van der Waals surface area contributed by atoms with Gasteiger partial charge in [0.05, 0.1) is 5.92 Å². The van der Waals surface area contributed by atoms with Gasteiger partial charge in [-0.05, 0) is 25.9 Å². The van der Waals surface area contributed by atoms with Crippen LogP contribution in [0.2, 0.25) is 0 Å². The Morgan fingerprint density at radius 3 is 2.67 bits per heavy atom. The molecule has 1 saturated heterocycles. The Morgan fingerprint density at radius 1 is 1.40 bits per heavy atom. The first kappa shape index (κ1) is 13.2. The quantitative estimate of drug-likeness (QED) is 0.440. The third kappa shape index (κ3) is 5.15. The Bertz CT molecular complexity index is 193. The number of likely N-dealkylation sites (tertiary alicyclic amines) is 1. The van der Waals surface area contributed by atoms with E-state index in [0.29, 0.717) is 6.61 Å². The van der Waals surface area contributed by atoms with E-state index >= 15 is 0 Å². The highest BCUT2D eigenvalue weighted by atomic mass is 127. The van der Waals surface area contributed by atoms with Gasteiger partial charge in [0.1, 0.15) is 6.61 Å². The van der Waals surface area contributed by atoms with Gasteiger partial charge in [-0.3, -0.25) is 9.69 Å². The number of halogens is 1. The number of hydrogen-bond donors (Lipinski definition) is 0. The number of carbonyl (C=O) groups excluding carboxylic acids is 1. The lowest BCUT2D eigenvalue weighted by Gasteiger charge is -2.26. The molecule has 4 heteroatoms. The summed E-state index contributed by atoms with van der Waals surface area (Å²) in [6, 6.07) is 0. The van der Waals surface area contributed by atoms with Crippen molar-refractivity contribution >= 4 is 28.6 Å². The molecule has 0 aromatic carbocycles. The lowest BCUT2D eigenvalue weighted by Crippen LogP contribution is -2.33. The summed E-state index contributed by atoms with van der Waals surface area (Å²) >= 11 is 2.21. The fourth-order valence-corrected chi connectivity index (χ4v) is 2.02. The predicted octanol–water partition coefficient (Wildman–Crippen LogP) is 2.09. The Balaban J connectivity index is 2.07. The van der Waals surface area contributed by atoms with E-state index in [2.05, 4.69) is 27.5 Å². The highest BCUT2D eigenvalue weighted by Crippen LogP contribution is 2.08. The van der Waals surface area contributed by atoms with Crippen LogP contribution in [0.1, 0.15) is 26.2 Å². The molecule has 0 aromatic rings. The molecule has 0 bridgehead atoms. The van der Waals surface area contributed by atoms with Crippen molar-refractivity contribution in [1.82, 2.24) is 4.90 Å². The van der Waals surface area contributed by atoms with Crippen LogP contribution in [0, 0.1) is 5.92 Å². The Labute approximate surface area is 106 Å². The molecule has 0 amide bonds. The Hall–Kier alpha value is 0.160. The molecule has 1 atom stereocenters. The van der Waals surface area contributed by atoms with Gasteiger partial charge in [-0.15, -0.1) is 0 Å². The van der Waals surface area contributed by atoms with Crippen LogP contribution in [0.25, 0.3) is 0 Å². The molecule has 88 valence electrons. The maximum Gasteiger partial charge on any atom is 0.309 e. The van der Waals surface area contributed by atoms with E-state index in [1.165, 1.54) is 32.4 Å². The lowest BCUT2D eigenvalue weighted by atomic mass is 10.1. The average Bonchev–Trinajstić information content (AvgIpc) is 2.29. The van der Waals surface area contributed by atoms with Gasteiger partial charge in [-0.1, -0.05) is 35.9 Å². The van der Waals surface area contributed by atoms with Gasteiger partial charge >= 0.3 is 5.97 Å². The fourth-order valence-electron chi connectivity index (χ4n) is 1.66. The van der Waals surface area contributed by atoms with Crippen molar-refractivity contribution in [1.29, 1.82) is 0 Å². The monoisotopic (exact) mass is 325 g/mol. The highest BCUT2D eigenvalue weighted by Gasteiger charge is 2.14. The molecule has 1 aliphatic heterocycles. The Kier molecular flexibility index (Phi) is 6.56. The summed E-state index contributed by atoms with van der Waals surface area (Å²) in [5, 5.41) is 0. The summed E-state index contributed by atoms with van der Waals surface area (Å²) < 4.78 is 6.05. The molecule has 0 aromatic heterocycles. The lowest BCUT2D eigenvalue weighted by molar-refractivity contribution is -0.147. The summed E-state index contributed by atoms with van der Waals surface area (Å²) in [5.74, 6) is -0.0200. The molecule has 0 radical (unpaired) electrons. The van der Waals surface area contributed by atoms with Gasteiger partial charge in [-0.25, -0.2) is 0 Å². The third-order valence-electron chi connectivity index (χ3n) is 2.73. The zero-order valence-electron chi connectivity index (χ0n) is 9.38. The molecule has 0 saturated carbocycles. The van der Waals surface area contributed by atoms with Crippen molar-refractivity contribution in [2.24, 2.45) is 5.92 Å². The van der Waals surface area contributed by atoms with Gasteiger partial charge in [-0.2, -0.15) is 0 Å². The number of carbonyl (C=O) groups is 1. The molecular formula is C11H20INO2. The first-order chi connectivity index (χ1) is 7.24. The van der Waals surface area contributed by atoms with Crippen molar-refractivity contribution in [3.8, 4) is 0 Å². The van der Waals surface area contributed by atoms with E-state index in [1.54, 1.807) is 0 Å². The van der Waals surface area contributed by atoms with Crippen LogP contribution in [-0.4, -0.2) is 41.5 Å². The van der Waals surface area contributed by atoms with Crippen molar-refractivity contribution in [2.45, 2.75) is 26.2 Å². The largest absolute Gasteiger partial charge is 0.464 e. The number of ether oxygens (including phenoxy) is 1. The minimum atomic E-state index is -0.0543. The molecule has 1 aliphatic rings. The SMILES string of the molecule is CC(CI)C(=O)OCCN1CCCCC1. The molecule has 15 heavy (non-hydrogen) atoms. The van der Waals surface area contributed by atoms with Gasteiger partial charge in [0, 0.05) is 11.0 Å². The number of esters is 1. The number of hydrogen-bond acceptors (Lipinski definition) is 3. The number of nitrogens with zero attached hydrogens (tertiary/aromatic N) is 1. The summed E-state index contributed by atoms with van der Waals surface area (Å²) in [6.07, 6.45) is 3.93. The van der Waals surface area contributed by atoms with Gasteiger partial charge in [0.25, 0.3) is 0 Å². The molecule has 0 aliphatic carbocycles. The van der Waals surface area contributed by atoms with E-state index in [-0.39, 0.29) is 11.9 Å². The van der Waals surface area contributed by atoms with Crippen molar-refractivity contribution in [2.75, 3.05) is 30.7 Å². The maximum atomic E-state index is 11.4. The summed E-state index contributed by atoms with van der Waals surface area (Å²) in [7, 11) is 0. The first-order valence-corrected chi connectivity index (χ1v) is 7.21. The Morgan fingerprint density at radius 2 is 2.07 bits per heavy atom. The van der Waals surface area contributed by atoms with Crippen LogP contribution in [0.5, 0.6) is 0 Å². The average molecular weight is 325 g/mol. The molecular weight excluding hydrogens is 305 g/mol. The molecule has 0 spiro atoms. The van der Waals surface area contributed by atoms with Crippen LogP contribution in [0.4, 0.5) is 0 Å². The van der Waals surface area contributed by atoms with Crippen LogP contribution < -0.4 is 0 Å². The van der Waals surface area contributed by atoms with E-state index in [9.17, 15) is 4.79 Å². The predicted molar refractivity (Wildman–Crippen MR) is 69.3 cm³/mol. The van der Waals surface area contributed by atoms with Crippen LogP contribution >= 0.6 is 22.6 Å². The van der Waals surface area contributed by atoms with E-state index < -0.39 is 0 Å². The number of rotatable bonds is 5. The third-order valence-corrected chi connectivity index (χ3v) is 4.06. The zero-order valence-corrected chi connectivity index (χ0v) is 11.5. The maximum absolute atomic E-state index is 11.4. The summed E-state index contributed by atoms with van der Waals surface area (Å²) in [5.41, 5.74) is 0. The van der Waals surface area contributed by atoms with E-state index in [4.69, 9.17) is 4.74 Å². The van der Waals surface area contributed by atoms with Crippen molar-refractivity contribution in [3.05, 3.63) is 0 Å². The topological polar surface area (TPSA) is 29.5 Å². The van der Waals surface area contributed by atoms with Gasteiger partial charge in [0.2, 0.25) is 0 Å². The molecule has 0 N–H and O–H groups in total. The standard InChI is InChI=1S/C11H20INO2/c1-10(9-12)11(14)15-8-7-13-5-3-2-4-6-13/h10H,2-9H2,1H3. The smallest absolute Gasteiger partial charge is 0.309 e. The first-order valence-electron chi connectivity index (χ1n) is 5.69. The molecule has 1 heterocycles. The second kappa shape index (κ2) is 7.44. The minimum absolute atomic E-state index is 0.0342. The molecule has 3 nitrogen and oxygen atoms in total. The minimum Gasteiger partial charge on any atom is -0.464 e. The van der Waals surface area contributed by atoms with Crippen molar-refractivity contribution < 1.29 is 9.53 Å². The molecule has 1 fully saturated rings. The second-order valence-electron chi connectivity index (χ2n) is 4.13. The van der Waals surface area contributed by atoms with Gasteiger partial charge < -0.3 is 4.74 Å². The summed E-state index contributed by atoms with van der Waals surface area (Å²) in [4.78, 5) is 13.8. The van der Waals surface area contributed by atoms with Crippen LogP contribution in [0.15, 0.2) is 0 Å². The molecule has 1 rings (SSSR count). The van der Waals surface area contributed by atoms with Crippen LogP contribution in [0.3, 0.4) is 0 Å². The number of piperidine rings is 1. The normalized spacial score (nSPS) is 19.9. The van der Waals surface area contributed by atoms with E-state index in [1.807, 2.05) is 6.92 Å². The zero-order chi connectivity index (χ0) is 11.1. The number of alkyl halides is 1. The van der Waals surface area contributed by atoms with Crippen LogP contribution in [-0.2, 0) is 9.53 Å². The highest BCUT2D eigenvalue weighted by molar-refractivity contribution is 14.1. The van der Waals surface area contributed by atoms with Crippen molar-refractivity contribution in [3.63, 3.8) is 0 Å².